The Kier molecular flexibility index (Phi) is 4.03. The molecule has 1 aromatic rings. The number of hydrogen-bond donors (Lipinski definition) is 2. The van der Waals surface area contributed by atoms with Crippen LogP contribution in [0.2, 0.25) is 0 Å². The van der Waals surface area contributed by atoms with Gasteiger partial charge in [-0.05, 0) is 18.3 Å². The van der Waals surface area contributed by atoms with E-state index in [1.165, 1.54) is 18.1 Å². The first kappa shape index (κ1) is 14.6. The maximum Gasteiger partial charge on any atom is 0.234 e. The van der Waals surface area contributed by atoms with Crippen molar-refractivity contribution in [2.75, 3.05) is 29.5 Å². The van der Waals surface area contributed by atoms with Crippen LogP contribution in [0.5, 0.6) is 0 Å². The summed E-state index contributed by atoms with van der Waals surface area (Å²) in [7, 11) is 0. The summed E-state index contributed by atoms with van der Waals surface area (Å²) in [5.74, 6) is 1.09. The first-order chi connectivity index (χ1) is 10.1. The van der Waals surface area contributed by atoms with E-state index in [1.807, 2.05) is 0 Å². The number of amides is 1. The first-order valence-corrected chi connectivity index (χ1v) is 8.18. The summed E-state index contributed by atoms with van der Waals surface area (Å²) in [5.41, 5.74) is 0.932. The Morgan fingerprint density at radius 2 is 2.38 bits per heavy atom. The van der Waals surface area contributed by atoms with Crippen molar-refractivity contribution in [3.05, 3.63) is 6.33 Å². The highest BCUT2D eigenvalue weighted by Gasteiger charge is 2.35. The van der Waals surface area contributed by atoms with Gasteiger partial charge in [-0.3, -0.25) is 4.79 Å². The minimum Gasteiger partial charge on any atom is -0.378 e. The van der Waals surface area contributed by atoms with Gasteiger partial charge in [-0.25, -0.2) is 9.97 Å². The molecule has 7 heteroatoms. The first-order valence-electron chi connectivity index (χ1n) is 7.19. The molecule has 6 nitrogen and oxygen atoms in total. The van der Waals surface area contributed by atoms with Gasteiger partial charge in [-0.1, -0.05) is 25.6 Å². The monoisotopic (exact) mass is 308 g/mol. The van der Waals surface area contributed by atoms with Crippen molar-refractivity contribution in [2.24, 2.45) is 5.41 Å². The van der Waals surface area contributed by atoms with Gasteiger partial charge in [-0.2, -0.15) is 0 Å². The average Bonchev–Trinajstić information content (AvgIpc) is 2.78. The second-order valence-electron chi connectivity index (χ2n) is 6.05. The maximum absolute atomic E-state index is 11.5. The molecule has 1 unspecified atom stereocenters. The molecular formula is C14H20N4O2S. The maximum atomic E-state index is 11.5. The molecule has 21 heavy (non-hydrogen) atoms. The van der Waals surface area contributed by atoms with Gasteiger partial charge in [0.2, 0.25) is 5.91 Å². The van der Waals surface area contributed by atoms with Crippen LogP contribution in [0.1, 0.15) is 26.7 Å². The highest BCUT2D eigenvalue weighted by atomic mass is 32.2. The molecule has 1 atom stereocenters. The topological polar surface area (TPSA) is 76.1 Å². The van der Waals surface area contributed by atoms with Crippen molar-refractivity contribution in [1.29, 1.82) is 0 Å². The van der Waals surface area contributed by atoms with E-state index in [0.717, 1.165) is 31.0 Å². The van der Waals surface area contributed by atoms with Gasteiger partial charge in [0.05, 0.1) is 11.9 Å². The van der Waals surface area contributed by atoms with Crippen LogP contribution < -0.4 is 10.6 Å². The number of carbonyl (C=O) groups excluding carboxylic acids is 1. The molecule has 0 aliphatic carbocycles. The molecule has 0 bridgehead atoms. The molecule has 0 spiro atoms. The normalized spacial score (nSPS) is 23.5. The van der Waals surface area contributed by atoms with E-state index in [0.29, 0.717) is 17.3 Å². The Labute approximate surface area is 128 Å². The minimum atomic E-state index is -0.00869. The molecule has 2 aliphatic rings. The molecule has 114 valence electrons. The lowest BCUT2D eigenvalue weighted by Crippen LogP contribution is -2.27. The standard InChI is InChI=1S/C14H20N4O2S/c1-14(2)4-6-20-9(14)3-5-15-12-11-13(17-8-16-12)21-7-10(19)18-11/h8-9H,3-7H2,1-2H3,(H,18,19)(H,15,16,17). The van der Waals surface area contributed by atoms with Crippen LogP contribution in [0.15, 0.2) is 11.4 Å². The lowest BCUT2D eigenvalue weighted by Gasteiger charge is -2.25. The smallest absolute Gasteiger partial charge is 0.234 e. The fourth-order valence-electron chi connectivity index (χ4n) is 2.68. The van der Waals surface area contributed by atoms with E-state index < -0.39 is 0 Å². The SMILES string of the molecule is CC1(C)CCOC1CCNc1ncnc2c1NC(=O)CS2. The summed E-state index contributed by atoms with van der Waals surface area (Å²) in [5, 5.41) is 6.97. The summed E-state index contributed by atoms with van der Waals surface area (Å²) in [6.45, 7) is 6.09. The summed E-state index contributed by atoms with van der Waals surface area (Å²) >= 11 is 1.44. The van der Waals surface area contributed by atoms with Gasteiger partial charge >= 0.3 is 0 Å². The molecule has 2 aliphatic heterocycles. The van der Waals surface area contributed by atoms with E-state index in [2.05, 4.69) is 34.4 Å². The number of thioether (sulfide) groups is 1. The number of nitrogens with zero attached hydrogens (tertiary/aromatic N) is 2. The molecule has 1 amide bonds. The third-order valence-corrected chi connectivity index (χ3v) is 5.04. The molecule has 3 heterocycles. The molecule has 2 N–H and O–H groups in total. The number of fused-ring (bicyclic) bond motifs is 1. The van der Waals surface area contributed by atoms with Gasteiger partial charge < -0.3 is 15.4 Å². The second-order valence-corrected chi connectivity index (χ2v) is 7.02. The Bertz CT molecular complexity index is 550. The summed E-state index contributed by atoms with van der Waals surface area (Å²) in [6, 6.07) is 0. The predicted octanol–water partition coefficient (Wildman–Crippen LogP) is 2.14. The van der Waals surface area contributed by atoms with E-state index in [1.54, 1.807) is 0 Å². The lowest BCUT2D eigenvalue weighted by molar-refractivity contribution is -0.113. The number of ether oxygens (including phenoxy) is 1. The molecule has 1 fully saturated rings. The fraction of sp³-hybridized carbons (Fsp3) is 0.643. The Hall–Kier alpha value is -1.34. The van der Waals surface area contributed by atoms with Crippen molar-refractivity contribution in [3.8, 4) is 0 Å². The highest BCUT2D eigenvalue weighted by molar-refractivity contribution is 8.00. The van der Waals surface area contributed by atoms with Gasteiger partial charge in [-0.15, -0.1) is 0 Å². The number of rotatable bonds is 4. The highest BCUT2D eigenvalue weighted by Crippen LogP contribution is 2.36. The Morgan fingerprint density at radius 1 is 1.52 bits per heavy atom. The molecule has 0 radical (unpaired) electrons. The van der Waals surface area contributed by atoms with Gasteiger partial charge in [0.1, 0.15) is 17.0 Å². The second kappa shape index (κ2) is 5.81. The Balaban J connectivity index is 1.62. The fourth-order valence-corrected chi connectivity index (χ4v) is 3.44. The molecule has 1 aromatic heterocycles. The largest absolute Gasteiger partial charge is 0.378 e. The van der Waals surface area contributed by atoms with Crippen molar-refractivity contribution in [3.63, 3.8) is 0 Å². The van der Waals surface area contributed by atoms with Crippen LogP contribution in [0.4, 0.5) is 11.5 Å². The van der Waals surface area contributed by atoms with E-state index in [4.69, 9.17) is 4.74 Å². The summed E-state index contributed by atoms with van der Waals surface area (Å²) in [4.78, 5) is 19.9. The van der Waals surface area contributed by atoms with Crippen LogP contribution in [-0.2, 0) is 9.53 Å². The average molecular weight is 308 g/mol. The molecule has 3 rings (SSSR count). The van der Waals surface area contributed by atoms with Crippen LogP contribution >= 0.6 is 11.8 Å². The van der Waals surface area contributed by atoms with Crippen molar-refractivity contribution < 1.29 is 9.53 Å². The molecular weight excluding hydrogens is 288 g/mol. The predicted molar refractivity (Wildman–Crippen MR) is 82.6 cm³/mol. The van der Waals surface area contributed by atoms with Gasteiger partial charge in [0.25, 0.3) is 0 Å². The third kappa shape index (κ3) is 3.13. The summed E-state index contributed by atoms with van der Waals surface area (Å²) in [6.07, 6.45) is 3.83. The number of hydrogen-bond acceptors (Lipinski definition) is 6. The van der Waals surface area contributed by atoms with Gasteiger partial charge in [0.15, 0.2) is 5.82 Å². The number of aromatic nitrogens is 2. The van der Waals surface area contributed by atoms with Gasteiger partial charge in [0, 0.05) is 13.2 Å². The lowest BCUT2D eigenvalue weighted by atomic mass is 9.84. The number of nitrogens with one attached hydrogen (secondary N) is 2. The third-order valence-electron chi connectivity index (χ3n) is 4.05. The zero-order valence-electron chi connectivity index (χ0n) is 12.3. The Morgan fingerprint density at radius 3 is 3.14 bits per heavy atom. The zero-order chi connectivity index (χ0) is 14.9. The van der Waals surface area contributed by atoms with Crippen molar-refractivity contribution in [1.82, 2.24) is 9.97 Å². The number of carbonyl (C=O) groups is 1. The van der Waals surface area contributed by atoms with Crippen LogP contribution in [0, 0.1) is 5.41 Å². The van der Waals surface area contributed by atoms with Crippen LogP contribution in [0.3, 0.4) is 0 Å². The van der Waals surface area contributed by atoms with E-state index in [9.17, 15) is 4.79 Å². The molecule has 1 saturated heterocycles. The summed E-state index contributed by atoms with van der Waals surface area (Å²) < 4.78 is 5.79. The van der Waals surface area contributed by atoms with Crippen LogP contribution in [0.25, 0.3) is 0 Å². The minimum absolute atomic E-state index is 0.00869. The molecule has 0 saturated carbocycles. The molecule has 0 aromatic carbocycles. The van der Waals surface area contributed by atoms with E-state index >= 15 is 0 Å². The zero-order valence-corrected chi connectivity index (χ0v) is 13.1. The van der Waals surface area contributed by atoms with E-state index in [-0.39, 0.29) is 17.4 Å². The van der Waals surface area contributed by atoms with Crippen molar-refractivity contribution in [2.45, 2.75) is 37.8 Å². The number of anilines is 2. The van der Waals surface area contributed by atoms with Crippen molar-refractivity contribution >= 4 is 29.2 Å². The van der Waals surface area contributed by atoms with Crippen LogP contribution in [-0.4, -0.2) is 40.9 Å². The quantitative estimate of drug-likeness (QED) is 0.830.